The summed E-state index contributed by atoms with van der Waals surface area (Å²) in [5.41, 5.74) is 2.53. The summed E-state index contributed by atoms with van der Waals surface area (Å²) in [6.45, 7) is 1.88. The molecule has 152 valence electrons. The van der Waals surface area contributed by atoms with Gasteiger partial charge in [-0.1, -0.05) is 12.1 Å². The summed E-state index contributed by atoms with van der Waals surface area (Å²) in [6, 6.07) is 6.60. The first-order valence-electron chi connectivity index (χ1n) is 8.94. The van der Waals surface area contributed by atoms with E-state index in [4.69, 9.17) is 0 Å². The maximum absolute atomic E-state index is 12.9. The Balaban J connectivity index is 1.70. The van der Waals surface area contributed by atoms with E-state index in [1.807, 2.05) is 13.0 Å². The number of hydrogen-bond donors (Lipinski definition) is 0. The molecule has 30 heavy (non-hydrogen) atoms. The van der Waals surface area contributed by atoms with Gasteiger partial charge in [0.2, 0.25) is 0 Å². The van der Waals surface area contributed by atoms with Crippen LogP contribution >= 0.6 is 0 Å². The van der Waals surface area contributed by atoms with Crippen LogP contribution in [-0.4, -0.2) is 32.3 Å². The number of benzene rings is 1. The third-order valence-corrected chi connectivity index (χ3v) is 4.68. The number of carbonyl (C=O) groups is 1. The monoisotopic (exact) mass is 411 g/mol. The normalized spacial score (nSPS) is 11.6. The molecule has 4 rings (SSSR count). The molecule has 0 aliphatic rings. The molecule has 9 heteroatoms. The molecular formula is C21H16F3N5O. The summed E-state index contributed by atoms with van der Waals surface area (Å²) in [7, 11) is 1.62. The third-order valence-electron chi connectivity index (χ3n) is 4.68. The second-order valence-corrected chi connectivity index (χ2v) is 6.80. The van der Waals surface area contributed by atoms with Crippen LogP contribution in [0.3, 0.4) is 0 Å². The van der Waals surface area contributed by atoms with E-state index in [-0.39, 0.29) is 11.6 Å². The van der Waals surface area contributed by atoms with Crippen LogP contribution in [-0.2, 0) is 6.18 Å². The highest BCUT2D eigenvalue weighted by Crippen LogP contribution is 2.31. The number of fused-ring (bicyclic) bond motifs is 1. The van der Waals surface area contributed by atoms with Crippen molar-refractivity contribution in [2.75, 3.05) is 11.9 Å². The first-order chi connectivity index (χ1) is 14.2. The highest BCUT2D eigenvalue weighted by molar-refractivity contribution is 6.04. The Morgan fingerprint density at radius 2 is 1.77 bits per heavy atom. The van der Waals surface area contributed by atoms with Crippen molar-refractivity contribution in [3.8, 4) is 11.3 Å². The molecule has 3 heterocycles. The Morgan fingerprint density at radius 1 is 1.03 bits per heavy atom. The summed E-state index contributed by atoms with van der Waals surface area (Å²) < 4.78 is 40.1. The molecular weight excluding hydrogens is 395 g/mol. The van der Waals surface area contributed by atoms with Crippen molar-refractivity contribution < 1.29 is 18.0 Å². The van der Waals surface area contributed by atoms with Crippen LogP contribution in [0.15, 0.2) is 61.3 Å². The fraction of sp³-hybridized carbons (Fsp3) is 0.143. The van der Waals surface area contributed by atoms with Crippen LogP contribution in [0.1, 0.15) is 21.6 Å². The topological polar surface area (TPSA) is 63.4 Å². The van der Waals surface area contributed by atoms with E-state index in [2.05, 4.69) is 15.0 Å². The van der Waals surface area contributed by atoms with Crippen LogP contribution in [0, 0.1) is 6.92 Å². The first kappa shape index (κ1) is 19.6. The number of alkyl halides is 3. The standard InChI is InChI=1S/C21H16F3N5O/c1-13-7-16(9-25-8-13)28(2)20(30)17-12-29-18(10-27-19(29)11-26-17)14-3-5-15(6-4-14)21(22,23)24/h3-12H,1-2H3. The molecule has 0 radical (unpaired) electrons. The lowest BCUT2D eigenvalue weighted by molar-refractivity contribution is -0.137. The zero-order chi connectivity index (χ0) is 21.5. The summed E-state index contributed by atoms with van der Waals surface area (Å²) in [4.78, 5) is 26.8. The lowest BCUT2D eigenvalue weighted by Crippen LogP contribution is -2.27. The van der Waals surface area contributed by atoms with Gasteiger partial charge in [-0.3, -0.25) is 14.2 Å². The van der Waals surface area contributed by atoms with Crippen molar-refractivity contribution >= 4 is 17.2 Å². The number of anilines is 1. The maximum Gasteiger partial charge on any atom is 0.416 e. The number of rotatable bonds is 3. The van der Waals surface area contributed by atoms with E-state index < -0.39 is 11.7 Å². The molecule has 0 N–H and O–H groups in total. The smallest absolute Gasteiger partial charge is 0.309 e. The van der Waals surface area contributed by atoms with Gasteiger partial charge >= 0.3 is 6.18 Å². The van der Waals surface area contributed by atoms with Crippen molar-refractivity contribution in [1.29, 1.82) is 0 Å². The van der Waals surface area contributed by atoms with Crippen molar-refractivity contribution in [2.24, 2.45) is 0 Å². The minimum atomic E-state index is -4.41. The average Bonchev–Trinajstić information content (AvgIpc) is 3.15. The molecule has 6 nitrogen and oxygen atoms in total. The Bertz CT molecular complexity index is 1230. The lowest BCUT2D eigenvalue weighted by atomic mass is 10.1. The van der Waals surface area contributed by atoms with Gasteiger partial charge in [-0.05, 0) is 30.7 Å². The fourth-order valence-corrected chi connectivity index (χ4v) is 3.05. The van der Waals surface area contributed by atoms with Crippen LogP contribution in [0.2, 0.25) is 0 Å². The van der Waals surface area contributed by atoms with Gasteiger partial charge in [0, 0.05) is 25.0 Å². The fourth-order valence-electron chi connectivity index (χ4n) is 3.05. The quantitative estimate of drug-likeness (QED) is 0.502. The minimum Gasteiger partial charge on any atom is -0.309 e. The van der Waals surface area contributed by atoms with E-state index in [1.54, 1.807) is 23.8 Å². The second-order valence-electron chi connectivity index (χ2n) is 6.80. The second kappa shape index (κ2) is 7.25. The van der Waals surface area contributed by atoms with Gasteiger partial charge < -0.3 is 4.90 Å². The van der Waals surface area contributed by atoms with E-state index in [0.29, 0.717) is 22.6 Å². The zero-order valence-corrected chi connectivity index (χ0v) is 16.1. The predicted octanol–water partition coefficient (Wildman–Crippen LogP) is 4.40. The van der Waals surface area contributed by atoms with Crippen molar-refractivity contribution in [2.45, 2.75) is 13.1 Å². The number of aryl methyl sites for hydroxylation is 1. The first-order valence-corrected chi connectivity index (χ1v) is 8.94. The number of nitrogens with zero attached hydrogens (tertiary/aromatic N) is 5. The molecule has 0 aliphatic carbocycles. The number of imidazole rings is 1. The zero-order valence-electron chi connectivity index (χ0n) is 16.1. The predicted molar refractivity (Wildman–Crippen MR) is 105 cm³/mol. The molecule has 4 aromatic rings. The van der Waals surface area contributed by atoms with Crippen LogP contribution < -0.4 is 4.90 Å². The Hall–Kier alpha value is -3.75. The highest BCUT2D eigenvalue weighted by atomic mass is 19.4. The van der Waals surface area contributed by atoms with Crippen molar-refractivity contribution in [3.63, 3.8) is 0 Å². The lowest BCUT2D eigenvalue weighted by Gasteiger charge is -2.17. The Morgan fingerprint density at radius 3 is 2.43 bits per heavy atom. The summed E-state index contributed by atoms with van der Waals surface area (Å²) in [5, 5.41) is 0. The maximum atomic E-state index is 12.9. The van der Waals surface area contributed by atoms with Gasteiger partial charge in [-0.15, -0.1) is 0 Å². The van der Waals surface area contributed by atoms with E-state index >= 15 is 0 Å². The SMILES string of the molecule is Cc1cncc(N(C)C(=O)c2cn3c(-c4ccc(C(F)(F)F)cc4)cnc3cn2)c1. The van der Waals surface area contributed by atoms with E-state index in [0.717, 1.165) is 17.7 Å². The number of pyridine rings is 1. The molecule has 0 saturated carbocycles. The van der Waals surface area contributed by atoms with Gasteiger partial charge in [0.25, 0.3) is 5.91 Å². The molecule has 0 saturated heterocycles. The summed E-state index contributed by atoms with van der Waals surface area (Å²) in [6.07, 6.45) is 3.36. The molecule has 3 aromatic heterocycles. The van der Waals surface area contributed by atoms with E-state index in [1.165, 1.54) is 35.6 Å². The molecule has 0 fully saturated rings. The van der Waals surface area contributed by atoms with Crippen LogP contribution in [0.5, 0.6) is 0 Å². The van der Waals surface area contributed by atoms with Crippen molar-refractivity contribution in [1.82, 2.24) is 19.4 Å². The summed E-state index contributed by atoms with van der Waals surface area (Å²) in [5.74, 6) is -0.351. The molecule has 1 amide bonds. The molecule has 0 atom stereocenters. The summed E-state index contributed by atoms with van der Waals surface area (Å²) >= 11 is 0. The number of carbonyl (C=O) groups excluding carboxylic acids is 1. The van der Waals surface area contributed by atoms with E-state index in [9.17, 15) is 18.0 Å². The van der Waals surface area contributed by atoms with Crippen molar-refractivity contribution in [3.05, 3.63) is 78.1 Å². The molecule has 0 bridgehead atoms. The third kappa shape index (κ3) is 3.61. The minimum absolute atomic E-state index is 0.165. The van der Waals surface area contributed by atoms with Gasteiger partial charge in [-0.25, -0.2) is 9.97 Å². The van der Waals surface area contributed by atoms with Crippen LogP contribution in [0.25, 0.3) is 16.9 Å². The molecule has 0 spiro atoms. The van der Waals surface area contributed by atoms with Gasteiger partial charge in [0.15, 0.2) is 5.65 Å². The largest absolute Gasteiger partial charge is 0.416 e. The number of amides is 1. The number of halogens is 3. The molecule has 0 aliphatic heterocycles. The number of hydrogen-bond acceptors (Lipinski definition) is 4. The van der Waals surface area contributed by atoms with Gasteiger partial charge in [0.05, 0.1) is 35.5 Å². The molecule has 1 aromatic carbocycles. The Kier molecular flexibility index (Phi) is 4.73. The van der Waals surface area contributed by atoms with Crippen LogP contribution in [0.4, 0.5) is 18.9 Å². The molecule has 0 unspecified atom stereocenters. The average molecular weight is 411 g/mol. The number of aromatic nitrogens is 4. The van der Waals surface area contributed by atoms with Gasteiger partial charge in [-0.2, -0.15) is 13.2 Å². The van der Waals surface area contributed by atoms with Gasteiger partial charge in [0.1, 0.15) is 5.69 Å². The Labute approximate surface area is 169 Å². The highest BCUT2D eigenvalue weighted by Gasteiger charge is 2.30.